The van der Waals surface area contributed by atoms with Crippen LogP contribution >= 0.6 is 0 Å². The maximum absolute atomic E-state index is 5.34. The molecule has 0 N–H and O–H groups in total. The van der Waals surface area contributed by atoms with E-state index in [2.05, 4.69) is 17.2 Å². The highest BCUT2D eigenvalue weighted by atomic mass is 16.5. The standard InChI is InChI=1S/C12H15NO2/c1-14-10-6-5-7-11(15-2)12(10)13-8-3-4-9-13/h3,5-8H,4,9H2,1-2H3. The molecule has 3 heteroatoms. The van der Waals surface area contributed by atoms with Gasteiger partial charge in [0.25, 0.3) is 0 Å². The van der Waals surface area contributed by atoms with Gasteiger partial charge in [-0.05, 0) is 18.6 Å². The number of para-hydroxylation sites is 1. The van der Waals surface area contributed by atoms with E-state index in [0.717, 1.165) is 30.2 Å². The Bertz CT molecular complexity index is 352. The lowest BCUT2D eigenvalue weighted by atomic mass is 10.2. The van der Waals surface area contributed by atoms with Gasteiger partial charge < -0.3 is 14.4 Å². The predicted octanol–water partition coefficient (Wildman–Crippen LogP) is 2.43. The molecule has 0 unspecified atom stereocenters. The smallest absolute Gasteiger partial charge is 0.146 e. The number of nitrogens with zero attached hydrogens (tertiary/aromatic N) is 1. The van der Waals surface area contributed by atoms with E-state index in [1.165, 1.54) is 0 Å². The van der Waals surface area contributed by atoms with Gasteiger partial charge >= 0.3 is 0 Å². The summed E-state index contributed by atoms with van der Waals surface area (Å²) in [5, 5.41) is 0. The third-order valence-electron chi connectivity index (χ3n) is 2.51. The molecular formula is C12H15NO2. The van der Waals surface area contributed by atoms with Gasteiger partial charge in [0.1, 0.15) is 17.2 Å². The maximum Gasteiger partial charge on any atom is 0.146 e. The Morgan fingerprint density at radius 3 is 2.27 bits per heavy atom. The van der Waals surface area contributed by atoms with Gasteiger partial charge in [-0.3, -0.25) is 0 Å². The van der Waals surface area contributed by atoms with Crippen molar-refractivity contribution < 1.29 is 9.47 Å². The third-order valence-corrected chi connectivity index (χ3v) is 2.51. The van der Waals surface area contributed by atoms with Crippen molar-refractivity contribution in [1.29, 1.82) is 0 Å². The van der Waals surface area contributed by atoms with Gasteiger partial charge in [0.05, 0.1) is 14.2 Å². The van der Waals surface area contributed by atoms with Crippen LogP contribution in [0.4, 0.5) is 5.69 Å². The van der Waals surface area contributed by atoms with E-state index in [1.807, 2.05) is 18.2 Å². The SMILES string of the molecule is COc1cccc(OC)c1N1C=CCC1. The molecular weight excluding hydrogens is 190 g/mol. The van der Waals surface area contributed by atoms with E-state index < -0.39 is 0 Å². The van der Waals surface area contributed by atoms with E-state index in [0.29, 0.717) is 0 Å². The Kier molecular flexibility index (Phi) is 2.81. The van der Waals surface area contributed by atoms with Crippen molar-refractivity contribution in [1.82, 2.24) is 0 Å². The molecule has 0 amide bonds. The minimum Gasteiger partial charge on any atom is -0.494 e. The Morgan fingerprint density at radius 1 is 1.13 bits per heavy atom. The lowest BCUT2D eigenvalue weighted by Gasteiger charge is -2.21. The molecule has 3 nitrogen and oxygen atoms in total. The molecule has 2 rings (SSSR count). The van der Waals surface area contributed by atoms with Gasteiger partial charge in [0.2, 0.25) is 0 Å². The zero-order valence-corrected chi connectivity index (χ0v) is 9.06. The first-order valence-corrected chi connectivity index (χ1v) is 5.01. The molecule has 1 heterocycles. The van der Waals surface area contributed by atoms with Crippen molar-refractivity contribution in [2.45, 2.75) is 6.42 Å². The second kappa shape index (κ2) is 4.26. The largest absolute Gasteiger partial charge is 0.494 e. The Hall–Kier alpha value is -1.64. The van der Waals surface area contributed by atoms with Crippen LogP contribution in [-0.2, 0) is 0 Å². The summed E-state index contributed by atoms with van der Waals surface area (Å²) in [6.45, 7) is 0.983. The number of rotatable bonds is 3. The topological polar surface area (TPSA) is 21.7 Å². The summed E-state index contributed by atoms with van der Waals surface area (Å²) in [6, 6.07) is 5.83. The molecule has 0 aromatic heterocycles. The number of ether oxygens (including phenoxy) is 2. The molecule has 1 aliphatic rings. The summed E-state index contributed by atoms with van der Waals surface area (Å²) >= 11 is 0. The summed E-state index contributed by atoms with van der Waals surface area (Å²) in [7, 11) is 3.36. The molecule has 1 aromatic rings. The third kappa shape index (κ3) is 1.77. The van der Waals surface area contributed by atoms with Crippen molar-refractivity contribution in [3.63, 3.8) is 0 Å². The molecule has 0 radical (unpaired) electrons. The van der Waals surface area contributed by atoms with Gasteiger partial charge in [-0.1, -0.05) is 12.1 Å². The van der Waals surface area contributed by atoms with Crippen LogP contribution in [0, 0.1) is 0 Å². The molecule has 80 valence electrons. The van der Waals surface area contributed by atoms with Crippen LogP contribution < -0.4 is 14.4 Å². The highest BCUT2D eigenvalue weighted by Gasteiger charge is 2.17. The van der Waals surface area contributed by atoms with Crippen LogP contribution in [0.25, 0.3) is 0 Å². The molecule has 0 fully saturated rings. The Labute approximate surface area is 89.9 Å². The first-order chi connectivity index (χ1) is 7.36. The molecule has 0 atom stereocenters. The van der Waals surface area contributed by atoms with E-state index in [4.69, 9.17) is 9.47 Å². The highest BCUT2D eigenvalue weighted by molar-refractivity contribution is 5.69. The Balaban J connectivity index is 2.44. The summed E-state index contributed by atoms with van der Waals surface area (Å²) < 4.78 is 10.7. The van der Waals surface area contributed by atoms with Gasteiger partial charge in [-0.15, -0.1) is 0 Å². The van der Waals surface area contributed by atoms with Crippen molar-refractivity contribution in [3.8, 4) is 11.5 Å². The molecule has 0 saturated heterocycles. The van der Waals surface area contributed by atoms with Crippen LogP contribution in [0.5, 0.6) is 11.5 Å². The Morgan fingerprint density at radius 2 is 1.80 bits per heavy atom. The first-order valence-electron chi connectivity index (χ1n) is 5.01. The van der Waals surface area contributed by atoms with Crippen molar-refractivity contribution >= 4 is 5.69 Å². The number of hydrogen-bond acceptors (Lipinski definition) is 3. The average molecular weight is 205 g/mol. The maximum atomic E-state index is 5.34. The van der Waals surface area contributed by atoms with Crippen LogP contribution in [-0.4, -0.2) is 20.8 Å². The average Bonchev–Trinajstić information content (AvgIpc) is 2.81. The number of anilines is 1. The molecule has 1 aromatic carbocycles. The molecule has 0 bridgehead atoms. The number of benzene rings is 1. The van der Waals surface area contributed by atoms with Crippen molar-refractivity contribution in [2.75, 3.05) is 25.7 Å². The number of hydrogen-bond donors (Lipinski definition) is 0. The van der Waals surface area contributed by atoms with E-state index in [9.17, 15) is 0 Å². The van der Waals surface area contributed by atoms with Crippen LogP contribution in [0.3, 0.4) is 0 Å². The van der Waals surface area contributed by atoms with Crippen LogP contribution in [0.2, 0.25) is 0 Å². The molecule has 1 aliphatic heterocycles. The second-order valence-corrected chi connectivity index (χ2v) is 3.38. The summed E-state index contributed by atoms with van der Waals surface area (Å²) in [4.78, 5) is 2.15. The molecule has 0 spiro atoms. The number of methoxy groups -OCH3 is 2. The molecule has 0 saturated carbocycles. The van der Waals surface area contributed by atoms with E-state index >= 15 is 0 Å². The van der Waals surface area contributed by atoms with Gasteiger partial charge in [0.15, 0.2) is 0 Å². The fourth-order valence-electron chi connectivity index (χ4n) is 1.79. The zero-order chi connectivity index (χ0) is 10.7. The lowest BCUT2D eigenvalue weighted by molar-refractivity contribution is 0.395. The van der Waals surface area contributed by atoms with E-state index in [-0.39, 0.29) is 0 Å². The predicted molar refractivity (Wildman–Crippen MR) is 60.6 cm³/mol. The minimum atomic E-state index is 0.848. The van der Waals surface area contributed by atoms with E-state index in [1.54, 1.807) is 14.2 Å². The summed E-state index contributed by atoms with van der Waals surface area (Å²) in [6.07, 6.45) is 5.29. The minimum absolute atomic E-state index is 0.848. The van der Waals surface area contributed by atoms with Gasteiger partial charge in [0, 0.05) is 12.7 Å². The monoisotopic (exact) mass is 205 g/mol. The summed E-state index contributed by atoms with van der Waals surface area (Å²) in [5.74, 6) is 1.70. The van der Waals surface area contributed by atoms with Crippen LogP contribution in [0.1, 0.15) is 6.42 Å². The van der Waals surface area contributed by atoms with Gasteiger partial charge in [-0.2, -0.15) is 0 Å². The fraction of sp³-hybridized carbons (Fsp3) is 0.333. The molecule has 0 aliphatic carbocycles. The fourth-order valence-corrected chi connectivity index (χ4v) is 1.79. The van der Waals surface area contributed by atoms with Gasteiger partial charge in [-0.25, -0.2) is 0 Å². The van der Waals surface area contributed by atoms with Crippen molar-refractivity contribution in [2.24, 2.45) is 0 Å². The molecule has 15 heavy (non-hydrogen) atoms. The quantitative estimate of drug-likeness (QED) is 0.756. The second-order valence-electron chi connectivity index (χ2n) is 3.38. The highest BCUT2D eigenvalue weighted by Crippen LogP contribution is 2.38. The van der Waals surface area contributed by atoms with Crippen LogP contribution in [0.15, 0.2) is 30.5 Å². The lowest BCUT2D eigenvalue weighted by Crippen LogP contribution is -2.14. The first kappa shape index (κ1) is 9.90. The normalized spacial score (nSPS) is 14.4. The zero-order valence-electron chi connectivity index (χ0n) is 9.06. The van der Waals surface area contributed by atoms with Crippen molar-refractivity contribution in [3.05, 3.63) is 30.5 Å². The summed E-state index contributed by atoms with van der Waals surface area (Å²) in [5.41, 5.74) is 1.01.